The maximum atomic E-state index is 2.67. The van der Waals surface area contributed by atoms with Crippen LogP contribution in [0.2, 0.25) is 0 Å². The number of hydrogen-bond acceptors (Lipinski definition) is 1. The molecule has 0 aromatic heterocycles. The summed E-state index contributed by atoms with van der Waals surface area (Å²) in [6.45, 7) is 21.9. The lowest BCUT2D eigenvalue weighted by Gasteiger charge is -2.39. The Labute approximate surface area is 307 Å². The van der Waals surface area contributed by atoms with Gasteiger partial charge in [-0.25, -0.2) is 0 Å². The Morgan fingerprint density at radius 2 is 0.922 bits per heavy atom. The lowest BCUT2D eigenvalue weighted by Crippen LogP contribution is -2.35. The van der Waals surface area contributed by atoms with Crippen molar-refractivity contribution in [1.29, 1.82) is 0 Å². The minimum atomic E-state index is -0.0893. The van der Waals surface area contributed by atoms with Gasteiger partial charge in [0.25, 0.3) is 0 Å². The normalized spacial score (nSPS) is 19.6. The van der Waals surface area contributed by atoms with Crippen molar-refractivity contribution in [2.45, 2.75) is 116 Å². The van der Waals surface area contributed by atoms with Crippen molar-refractivity contribution in [3.8, 4) is 22.3 Å². The summed E-state index contributed by atoms with van der Waals surface area (Å²) in [5.74, 6) is 0. The second kappa shape index (κ2) is 11.2. The molecule has 5 aromatic carbocycles. The summed E-state index contributed by atoms with van der Waals surface area (Å²) in [6.07, 6.45) is 7.13. The monoisotopic (exact) mass is 669 g/mol. The van der Waals surface area contributed by atoms with Gasteiger partial charge >= 0.3 is 0 Å². The molecule has 0 saturated carbocycles. The highest BCUT2D eigenvalue weighted by Crippen LogP contribution is 2.54. The second-order valence-corrected chi connectivity index (χ2v) is 17.8. The van der Waals surface area contributed by atoms with Crippen molar-refractivity contribution in [2.75, 3.05) is 18.0 Å². The van der Waals surface area contributed by atoms with Crippen LogP contribution in [0.1, 0.15) is 137 Å². The Balaban J connectivity index is 1.10. The summed E-state index contributed by atoms with van der Waals surface area (Å²) in [5.41, 5.74) is 21.8. The standard InChI is InChI=1S/C50H55N/c1-9-49(7,34-19-22-39-38-17-11-12-18-42(38)47(3,4)43(39)29-34)35-20-23-40-41-24-21-36(31-45(41)48(5,6)44(40)30-35)50(8,10-2)37-27-32-15-13-25-51-26-14-16-33(28-37)46(32)51/h11-12,17-24,27-31H,9-10,13-16,25-26H2,1-8H3. The van der Waals surface area contributed by atoms with Crippen molar-refractivity contribution < 1.29 is 0 Å². The van der Waals surface area contributed by atoms with Crippen LogP contribution >= 0.6 is 0 Å². The first-order chi connectivity index (χ1) is 24.4. The smallest absolute Gasteiger partial charge is 0.0431 e. The van der Waals surface area contributed by atoms with Crippen LogP contribution in [0.25, 0.3) is 22.3 Å². The number of benzene rings is 5. The van der Waals surface area contributed by atoms with Crippen molar-refractivity contribution >= 4 is 5.69 Å². The maximum absolute atomic E-state index is 2.67. The largest absolute Gasteiger partial charge is 0.371 e. The Morgan fingerprint density at radius 1 is 0.510 bits per heavy atom. The minimum absolute atomic E-state index is 0.000633. The minimum Gasteiger partial charge on any atom is -0.371 e. The molecular formula is C50H55N. The van der Waals surface area contributed by atoms with Crippen molar-refractivity contribution in [1.82, 2.24) is 0 Å². The molecule has 1 nitrogen and oxygen atoms in total. The van der Waals surface area contributed by atoms with Gasteiger partial charge in [0.15, 0.2) is 0 Å². The molecule has 4 aliphatic rings. The van der Waals surface area contributed by atoms with E-state index >= 15 is 0 Å². The second-order valence-electron chi connectivity index (χ2n) is 17.8. The zero-order valence-corrected chi connectivity index (χ0v) is 32.3. The van der Waals surface area contributed by atoms with Crippen molar-refractivity contribution in [3.05, 3.63) is 147 Å². The molecule has 2 aliphatic heterocycles. The maximum Gasteiger partial charge on any atom is 0.0431 e. The molecule has 2 unspecified atom stereocenters. The quantitative estimate of drug-likeness (QED) is 0.174. The van der Waals surface area contributed by atoms with Crippen LogP contribution in [-0.2, 0) is 34.5 Å². The van der Waals surface area contributed by atoms with Gasteiger partial charge in [0.1, 0.15) is 0 Å². The van der Waals surface area contributed by atoms with E-state index in [-0.39, 0.29) is 21.7 Å². The molecular weight excluding hydrogens is 615 g/mol. The number of hydrogen-bond donors (Lipinski definition) is 0. The fourth-order valence-electron chi connectivity index (χ4n) is 10.7. The van der Waals surface area contributed by atoms with Crippen molar-refractivity contribution in [3.63, 3.8) is 0 Å². The highest BCUT2D eigenvalue weighted by molar-refractivity contribution is 5.83. The molecule has 51 heavy (non-hydrogen) atoms. The van der Waals surface area contributed by atoms with Crippen molar-refractivity contribution in [2.24, 2.45) is 0 Å². The molecule has 0 bridgehead atoms. The van der Waals surface area contributed by atoms with Crippen LogP contribution in [0.3, 0.4) is 0 Å². The molecule has 260 valence electrons. The van der Waals surface area contributed by atoms with E-state index in [9.17, 15) is 0 Å². The fourth-order valence-corrected chi connectivity index (χ4v) is 10.7. The molecule has 1 heteroatoms. The van der Waals surface area contributed by atoms with Gasteiger partial charge in [-0.3, -0.25) is 0 Å². The summed E-state index contributed by atoms with van der Waals surface area (Å²) < 4.78 is 0. The average molecular weight is 670 g/mol. The fraction of sp³-hybridized carbons (Fsp3) is 0.400. The van der Waals surface area contributed by atoms with E-state index in [4.69, 9.17) is 0 Å². The zero-order valence-electron chi connectivity index (χ0n) is 32.3. The summed E-state index contributed by atoms with van der Waals surface area (Å²) in [4.78, 5) is 2.67. The number of aryl methyl sites for hydroxylation is 2. The predicted octanol–water partition coefficient (Wildman–Crippen LogP) is 12.4. The zero-order chi connectivity index (χ0) is 35.5. The van der Waals surface area contributed by atoms with E-state index in [0.717, 1.165) is 12.8 Å². The van der Waals surface area contributed by atoms with Crippen LogP contribution in [-0.4, -0.2) is 13.1 Å². The van der Waals surface area contributed by atoms with Gasteiger partial charge in [-0.05, 0) is 116 Å². The molecule has 0 fully saturated rings. The van der Waals surface area contributed by atoms with E-state index < -0.39 is 0 Å². The lowest BCUT2D eigenvalue weighted by molar-refractivity contribution is 0.540. The van der Waals surface area contributed by atoms with E-state index in [1.807, 2.05) is 0 Å². The molecule has 2 heterocycles. The van der Waals surface area contributed by atoms with Gasteiger partial charge in [-0.15, -0.1) is 0 Å². The van der Waals surface area contributed by atoms with Crippen LogP contribution < -0.4 is 4.90 Å². The van der Waals surface area contributed by atoms with Crippen LogP contribution in [0.4, 0.5) is 5.69 Å². The Bertz CT molecular complexity index is 2200. The molecule has 0 radical (unpaired) electrons. The van der Waals surface area contributed by atoms with Gasteiger partial charge < -0.3 is 4.90 Å². The van der Waals surface area contributed by atoms with E-state index in [1.165, 1.54) is 106 Å². The van der Waals surface area contributed by atoms with Crippen LogP contribution in [0.15, 0.2) is 91.0 Å². The molecule has 0 amide bonds. The molecule has 0 spiro atoms. The highest BCUT2D eigenvalue weighted by Gasteiger charge is 2.41. The van der Waals surface area contributed by atoms with Gasteiger partial charge in [-0.2, -0.15) is 0 Å². The van der Waals surface area contributed by atoms with Gasteiger partial charge in [0.2, 0.25) is 0 Å². The molecule has 0 saturated heterocycles. The van der Waals surface area contributed by atoms with E-state index in [2.05, 4.69) is 151 Å². The molecule has 0 N–H and O–H groups in total. The SMILES string of the molecule is CCC(C)(c1cc2c3c(c1)CCCN3CCC2)c1ccc2c(c1)C(C)(C)c1cc(C(C)(CC)c3ccc4c(c3)C(C)(C)c3ccccc3-4)ccc1-2. The highest BCUT2D eigenvalue weighted by atomic mass is 15.1. The third-order valence-corrected chi connectivity index (χ3v) is 14.6. The van der Waals surface area contributed by atoms with Gasteiger partial charge in [0.05, 0.1) is 0 Å². The third kappa shape index (κ3) is 4.52. The lowest BCUT2D eigenvalue weighted by atomic mass is 9.70. The number of nitrogens with zero attached hydrogens (tertiary/aromatic N) is 1. The first-order valence-corrected chi connectivity index (χ1v) is 19.9. The number of anilines is 1. The van der Waals surface area contributed by atoms with Crippen LogP contribution in [0, 0.1) is 0 Å². The number of rotatable bonds is 6. The average Bonchev–Trinajstić information content (AvgIpc) is 3.53. The summed E-state index contributed by atoms with van der Waals surface area (Å²) in [6, 6.07) is 36.5. The third-order valence-electron chi connectivity index (χ3n) is 14.6. The van der Waals surface area contributed by atoms with Crippen LogP contribution in [0.5, 0.6) is 0 Å². The van der Waals surface area contributed by atoms with Gasteiger partial charge in [-0.1, -0.05) is 146 Å². The topological polar surface area (TPSA) is 3.24 Å². The Hall–Kier alpha value is -4.10. The van der Waals surface area contributed by atoms with E-state index in [1.54, 1.807) is 16.8 Å². The van der Waals surface area contributed by atoms with Gasteiger partial charge in [0, 0.05) is 40.4 Å². The number of fused-ring (bicyclic) bond motifs is 6. The molecule has 2 atom stereocenters. The molecule has 5 aromatic rings. The summed E-state index contributed by atoms with van der Waals surface area (Å²) >= 11 is 0. The Kier molecular flexibility index (Phi) is 7.20. The summed E-state index contributed by atoms with van der Waals surface area (Å²) in [5, 5.41) is 0. The van der Waals surface area contributed by atoms with E-state index in [0.29, 0.717) is 0 Å². The Morgan fingerprint density at radius 3 is 1.39 bits per heavy atom. The predicted molar refractivity (Wildman–Crippen MR) is 217 cm³/mol. The molecule has 2 aliphatic carbocycles. The molecule has 9 rings (SSSR count). The summed E-state index contributed by atoms with van der Waals surface area (Å²) in [7, 11) is 0. The first-order valence-electron chi connectivity index (χ1n) is 19.9. The first kappa shape index (κ1) is 32.8.